The van der Waals surface area contributed by atoms with Gasteiger partial charge >= 0.3 is 0 Å². The Bertz CT molecular complexity index is 1270. The molecule has 0 bridgehead atoms. The number of nitrogens with zero attached hydrogens (tertiary/aromatic N) is 3. The van der Waals surface area contributed by atoms with Gasteiger partial charge in [0.05, 0.1) is 25.3 Å². The number of nitro groups is 1. The number of phenols is 1. The Morgan fingerprint density at radius 1 is 1.17 bits per heavy atom. The van der Waals surface area contributed by atoms with Gasteiger partial charge in [-0.25, -0.2) is 4.98 Å². The van der Waals surface area contributed by atoms with Crippen molar-refractivity contribution in [2.45, 2.75) is 6.92 Å². The zero-order valence-corrected chi connectivity index (χ0v) is 17.6. The van der Waals surface area contributed by atoms with Gasteiger partial charge in [0.25, 0.3) is 5.69 Å². The quantitative estimate of drug-likeness (QED) is 0.213. The number of phenolic OH excluding ortho intramolecular Hbond substituents is 1. The fourth-order valence-electron chi connectivity index (χ4n) is 2.80. The summed E-state index contributed by atoms with van der Waals surface area (Å²) in [7, 11) is 0. The predicted octanol–water partition coefficient (Wildman–Crippen LogP) is 6.40. The third-order valence-corrected chi connectivity index (χ3v) is 5.99. The molecule has 3 aromatic carbocycles. The number of rotatable bonds is 4. The molecule has 0 unspecified atom stereocenters. The summed E-state index contributed by atoms with van der Waals surface area (Å²) >= 11 is 4.76. The third-order valence-electron chi connectivity index (χ3n) is 4.30. The molecule has 0 saturated carbocycles. The molecular formula is C21H14BrN3O3S. The fraction of sp³-hybridized carbons (Fsp3) is 0.0476. The van der Waals surface area contributed by atoms with Gasteiger partial charge in [-0.3, -0.25) is 15.1 Å². The van der Waals surface area contributed by atoms with Crippen molar-refractivity contribution < 1.29 is 10.0 Å². The van der Waals surface area contributed by atoms with E-state index in [0.717, 1.165) is 20.8 Å². The topological polar surface area (TPSA) is 88.6 Å². The van der Waals surface area contributed by atoms with E-state index in [2.05, 4.69) is 39.1 Å². The van der Waals surface area contributed by atoms with Gasteiger partial charge in [-0.1, -0.05) is 6.07 Å². The number of aromatic nitrogens is 1. The zero-order valence-electron chi connectivity index (χ0n) is 15.2. The Balaban J connectivity index is 1.60. The third kappa shape index (κ3) is 4.03. The molecule has 29 heavy (non-hydrogen) atoms. The summed E-state index contributed by atoms with van der Waals surface area (Å²) in [5, 5.41) is 22.0. The number of halogens is 1. The molecule has 0 fully saturated rings. The number of hydrogen-bond donors (Lipinski definition) is 1. The highest BCUT2D eigenvalue weighted by Crippen LogP contribution is 2.33. The largest absolute Gasteiger partial charge is 0.506 e. The number of aromatic hydroxyl groups is 1. The monoisotopic (exact) mass is 467 g/mol. The lowest BCUT2D eigenvalue weighted by atomic mass is 10.2. The van der Waals surface area contributed by atoms with Crippen LogP contribution in [0.4, 0.5) is 11.4 Å². The summed E-state index contributed by atoms with van der Waals surface area (Å²) in [6, 6.07) is 16.3. The molecule has 1 heterocycles. The Morgan fingerprint density at radius 3 is 2.66 bits per heavy atom. The smallest absolute Gasteiger partial charge is 0.271 e. The summed E-state index contributed by atoms with van der Waals surface area (Å²) < 4.78 is 1.38. The van der Waals surface area contributed by atoms with E-state index in [1.165, 1.54) is 23.9 Å². The maximum absolute atomic E-state index is 11.0. The van der Waals surface area contributed by atoms with Gasteiger partial charge in [0.15, 0.2) is 0 Å². The molecule has 6 nitrogen and oxygen atoms in total. The molecule has 0 atom stereocenters. The van der Waals surface area contributed by atoms with E-state index in [0.29, 0.717) is 5.69 Å². The van der Waals surface area contributed by atoms with Crippen LogP contribution in [0.25, 0.3) is 20.8 Å². The number of non-ortho nitro benzene ring substituents is 1. The van der Waals surface area contributed by atoms with Crippen molar-refractivity contribution in [3.05, 3.63) is 80.3 Å². The van der Waals surface area contributed by atoms with Crippen LogP contribution in [0.2, 0.25) is 0 Å². The van der Waals surface area contributed by atoms with Crippen molar-refractivity contribution in [1.29, 1.82) is 0 Å². The minimum absolute atomic E-state index is 0.0965. The van der Waals surface area contributed by atoms with Gasteiger partial charge in [-0.05, 0) is 64.8 Å². The van der Waals surface area contributed by atoms with Crippen LogP contribution in [-0.2, 0) is 0 Å². The van der Waals surface area contributed by atoms with Crippen LogP contribution in [-0.4, -0.2) is 21.2 Å². The van der Waals surface area contributed by atoms with Crippen molar-refractivity contribution in [3.8, 4) is 16.3 Å². The van der Waals surface area contributed by atoms with Crippen LogP contribution >= 0.6 is 27.3 Å². The van der Waals surface area contributed by atoms with Crippen molar-refractivity contribution >= 4 is 55.1 Å². The standard InChI is InChI=1S/C21H14BrN3O3S/c1-12-2-7-19-18(8-12)24-21(29-19)13-3-5-15(6-4-13)23-11-14-9-16(25(27)28)10-17(22)20(14)26/h2-11,26H,1H3. The molecule has 4 aromatic rings. The van der Waals surface area contributed by atoms with E-state index in [1.807, 2.05) is 31.2 Å². The molecule has 0 spiro atoms. The molecule has 0 aliphatic heterocycles. The molecule has 0 aliphatic rings. The van der Waals surface area contributed by atoms with Gasteiger partial charge in [-0.2, -0.15) is 0 Å². The van der Waals surface area contributed by atoms with E-state index < -0.39 is 4.92 Å². The molecule has 0 amide bonds. The molecule has 1 aromatic heterocycles. The summed E-state index contributed by atoms with van der Waals surface area (Å²) in [5.41, 5.74) is 3.94. The lowest BCUT2D eigenvalue weighted by molar-refractivity contribution is -0.385. The Hall–Kier alpha value is -3.10. The minimum atomic E-state index is -0.518. The van der Waals surface area contributed by atoms with E-state index in [-0.39, 0.29) is 21.5 Å². The first-order chi connectivity index (χ1) is 13.9. The number of benzene rings is 3. The van der Waals surface area contributed by atoms with Crippen LogP contribution in [0, 0.1) is 17.0 Å². The number of fused-ring (bicyclic) bond motifs is 1. The van der Waals surface area contributed by atoms with Crippen molar-refractivity contribution in [3.63, 3.8) is 0 Å². The fourth-order valence-corrected chi connectivity index (χ4v) is 4.22. The highest BCUT2D eigenvalue weighted by Gasteiger charge is 2.13. The zero-order chi connectivity index (χ0) is 20.5. The van der Waals surface area contributed by atoms with Crippen molar-refractivity contribution in [1.82, 2.24) is 4.98 Å². The molecule has 0 saturated heterocycles. The summed E-state index contributed by atoms with van der Waals surface area (Å²) in [6.45, 7) is 2.04. The second-order valence-electron chi connectivity index (χ2n) is 6.42. The first-order valence-corrected chi connectivity index (χ1v) is 10.2. The molecule has 0 aliphatic carbocycles. The van der Waals surface area contributed by atoms with Gasteiger partial charge in [0, 0.05) is 29.5 Å². The highest BCUT2D eigenvalue weighted by atomic mass is 79.9. The van der Waals surface area contributed by atoms with Crippen LogP contribution in [0.15, 0.2) is 64.1 Å². The first kappa shape index (κ1) is 19.2. The van der Waals surface area contributed by atoms with Gasteiger partial charge in [-0.15, -0.1) is 11.3 Å². The lowest BCUT2D eigenvalue weighted by Crippen LogP contribution is -1.91. The SMILES string of the molecule is Cc1ccc2sc(-c3ccc(N=Cc4cc([N+](=O)[O-])cc(Br)c4O)cc3)nc2c1. The normalized spacial score (nSPS) is 11.4. The molecular weight excluding hydrogens is 454 g/mol. The van der Waals surface area contributed by atoms with Crippen LogP contribution < -0.4 is 0 Å². The minimum Gasteiger partial charge on any atom is -0.506 e. The second kappa shape index (κ2) is 7.73. The van der Waals surface area contributed by atoms with E-state index in [9.17, 15) is 15.2 Å². The Morgan fingerprint density at radius 2 is 1.93 bits per heavy atom. The molecule has 0 radical (unpaired) electrons. The van der Waals surface area contributed by atoms with E-state index in [4.69, 9.17) is 4.98 Å². The molecule has 1 N–H and O–H groups in total. The van der Waals surface area contributed by atoms with Crippen LogP contribution in [0.5, 0.6) is 5.75 Å². The van der Waals surface area contributed by atoms with E-state index >= 15 is 0 Å². The summed E-state index contributed by atoms with van der Waals surface area (Å²) in [4.78, 5) is 19.5. The predicted molar refractivity (Wildman–Crippen MR) is 120 cm³/mol. The number of nitro benzene ring substituents is 1. The van der Waals surface area contributed by atoms with Gasteiger partial charge < -0.3 is 5.11 Å². The number of aliphatic imine (C=N–C) groups is 1. The molecule has 8 heteroatoms. The molecule has 144 valence electrons. The average Bonchev–Trinajstić information content (AvgIpc) is 3.12. The maximum Gasteiger partial charge on any atom is 0.271 e. The van der Waals surface area contributed by atoms with Crippen LogP contribution in [0.3, 0.4) is 0 Å². The average molecular weight is 468 g/mol. The number of thiazole rings is 1. The number of aryl methyl sites for hydroxylation is 1. The van der Waals surface area contributed by atoms with Gasteiger partial charge in [0.2, 0.25) is 0 Å². The maximum atomic E-state index is 11.0. The lowest BCUT2D eigenvalue weighted by Gasteiger charge is -2.02. The van der Waals surface area contributed by atoms with Crippen molar-refractivity contribution in [2.75, 3.05) is 0 Å². The first-order valence-electron chi connectivity index (χ1n) is 8.59. The van der Waals surface area contributed by atoms with E-state index in [1.54, 1.807) is 11.3 Å². The Kier molecular flexibility index (Phi) is 5.12. The summed E-state index contributed by atoms with van der Waals surface area (Å²) in [5.74, 6) is -0.0965. The Labute approximate surface area is 178 Å². The molecule has 4 rings (SSSR count). The second-order valence-corrected chi connectivity index (χ2v) is 8.30. The van der Waals surface area contributed by atoms with Gasteiger partial charge in [0.1, 0.15) is 10.8 Å². The summed E-state index contributed by atoms with van der Waals surface area (Å²) in [6.07, 6.45) is 1.41. The van der Waals surface area contributed by atoms with Crippen molar-refractivity contribution in [2.24, 2.45) is 4.99 Å². The van der Waals surface area contributed by atoms with Crippen LogP contribution in [0.1, 0.15) is 11.1 Å². The number of hydrogen-bond acceptors (Lipinski definition) is 6. The highest BCUT2D eigenvalue weighted by molar-refractivity contribution is 9.10.